The maximum atomic E-state index is 13.2. The summed E-state index contributed by atoms with van der Waals surface area (Å²) in [4.78, 5) is 30.9. The number of anilines is 1. The number of hydrogen-bond acceptors (Lipinski definition) is 6. The molecule has 0 aliphatic carbocycles. The molecular formula is C21H20N4O2S. The average molecular weight is 392 g/mol. The van der Waals surface area contributed by atoms with Crippen LogP contribution in [0.5, 0.6) is 0 Å². The lowest BCUT2D eigenvalue weighted by Gasteiger charge is -2.35. The van der Waals surface area contributed by atoms with Crippen LogP contribution in [0.25, 0.3) is 10.2 Å². The molecule has 1 amide bonds. The van der Waals surface area contributed by atoms with E-state index in [4.69, 9.17) is 0 Å². The highest BCUT2D eigenvalue weighted by molar-refractivity contribution is 7.22. The first kappa shape index (κ1) is 17.5. The molecule has 2 saturated heterocycles. The number of aromatic nitrogens is 1. The lowest BCUT2D eigenvalue weighted by molar-refractivity contribution is -0.136. The van der Waals surface area contributed by atoms with Gasteiger partial charge in [0.1, 0.15) is 5.92 Å². The van der Waals surface area contributed by atoms with E-state index in [1.54, 1.807) is 0 Å². The van der Waals surface area contributed by atoms with Crippen molar-refractivity contribution >= 4 is 38.4 Å². The van der Waals surface area contributed by atoms with Gasteiger partial charge in [-0.1, -0.05) is 53.8 Å². The predicted molar refractivity (Wildman–Crippen MR) is 109 cm³/mol. The van der Waals surface area contributed by atoms with Gasteiger partial charge in [-0.3, -0.25) is 14.9 Å². The number of rotatable bonds is 3. The van der Waals surface area contributed by atoms with E-state index in [9.17, 15) is 9.59 Å². The van der Waals surface area contributed by atoms with Gasteiger partial charge in [0.05, 0.1) is 16.4 Å². The number of thiazole rings is 1. The highest BCUT2D eigenvalue weighted by atomic mass is 32.1. The van der Waals surface area contributed by atoms with Crippen molar-refractivity contribution < 1.29 is 9.59 Å². The Morgan fingerprint density at radius 1 is 1.07 bits per heavy atom. The summed E-state index contributed by atoms with van der Waals surface area (Å²) in [5.74, 6) is -1.19. The molecule has 2 fully saturated rings. The predicted octanol–water partition coefficient (Wildman–Crippen LogP) is 2.51. The molecule has 7 heteroatoms. The number of carbonyl (C=O) groups excluding carboxylic acids is 2. The number of nitrogens with one attached hydrogen (secondary N) is 2. The molecule has 2 aliphatic rings. The molecule has 3 aromatic rings. The van der Waals surface area contributed by atoms with E-state index < -0.39 is 12.1 Å². The van der Waals surface area contributed by atoms with Crippen molar-refractivity contribution in [2.45, 2.75) is 25.6 Å². The summed E-state index contributed by atoms with van der Waals surface area (Å²) in [6, 6.07) is 17.7. The normalized spacial score (nSPS) is 27.4. The van der Waals surface area contributed by atoms with E-state index in [0.29, 0.717) is 11.6 Å². The summed E-state index contributed by atoms with van der Waals surface area (Å²) in [7, 11) is 0. The molecule has 3 heterocycles. The first-order chi connectivity index (χ1) is 13.6. The fourth-order valence-electron chi connectivity index (χ4n) is 4.11. The molecule has 2 aliphatic heterocycles. The SMILES string of the molecule is CC1NC2NN(c3nc4ccccc4s3)C(=O)C2C(=O)C1Cc1ccccc1. The number of hydrazine groups is 1. The van der Waals surface area contributed by atoms with Crippen LogP contribution in [0, 0.1) is 11.8 Å². The Morgan fingerprint density at radius 3 is 2.61 bits per heavy atom. The van der Waals surface area contributed by atoms with Crippen molar-refractivity contribution in [1.29, 1.82) is 0 Å². The molecule has 4 atom stereocenters. The van der Waals surface area contributed by atoms with Gasteiger partial charge in [0.25, 0.3) is 5.91 Å². The summed E-state index contributed by atoms with van der Waals surface area (Å²) in [6.07, 6.45) is 0.236. The van der Waals surface area contributed by atoms with Gasteiger partial charge in [-0.25, -0.2) is 15.4 Å². The number of hydrogen-bond donors (Lipinski definition) is 2. The van der Waals surface area contributed by atoms with Gasteiger partial charge in [-0.05, 0) is 31.0 Å². The lowest BCUT2D eigenvalue weighted by atomic mass is 9.79. The molecule has 28 heavy (non-hydrogen) atoms. The topological polar surface area (TPSA) is 74.3 Å². The largest absolute Gasteiger partial charge is 0.298 e. The number of amides is 1. The second-order valence-corrected chi connectivity index (χ2v) is 8.39. The second-order valence-electron chi connectivity index (χ2n) is 7.38. The smallest absolute Gasteiger partial charge is 0.257 e. The quantitative estimate of drug-likeness (QED) is 0.670. The van der Waals surface area contributed by atoms with Gasteiger partial charge in [0, 0.05) is 12.0 Å². The fourth-order valence-corrected chi connectivity index (χ4v) is 5.04. The third-order valence-electron chi connectivity index (χ3n) is 5.58. The van der Waals surface area contributed by atoms with Crippen LogP contribution >= 0.6 is 11.3 Å². The zero-order chi connectivity index (χ0) is 19.3. The Morgan fingerprint density at radius 2 is 1.82 bits per heavy atom. The summed E-state index contributed by atoms with van der Waals surface area (Å²) in [5.41, 5.74) is 5.12. The molecule has 4 unspecified atom stereocenters. The minimum Gasteiger partial charge on any atom is -0.298 e. The van der Waals surface area contributed by atoms with Crippen LogP contribution in [0.15, 0.2) is 54.6 Å². The maximum absolute atomic E-state index is 13.2. The minimum absolute atomic E-state index is 0.00112. The second kappa shape index (κ2) is 6.77. The number of benzene rings is 2. The maximum Gasteiger partial charge on any atom is 0.257 e. The Labute approximate surface area is 166 Å². The number of ketones is 1. The number of fused-ring (bicyclic) bond motifs is 2. The third kappa shape index (κ3) is 2.83. The monoisotopic (exact) mass is 392 g/mol. The minimum atomic E-state index is -0.725. The van der Waals surface area contributed by atoms with Crippen LogP contribution in [0.2, 0.25) is 0 Å². The third-order valence-corrected chi connectivity index (χ3v) is 6.60. The van der Waals surface area contributed by atoms with Crippen LogP contribution in [0.4, 0.5) is 5.13 Å². The van der Waals surface area contributed by atoms with Gasteiger partial charge in [0.2, 0.25) is 5.13 Å². The van der Waals surface area contributed by atoms with Crippen LogP contribution in [0.1, 0.15) is 12.5 Å². The highest BCUT2D eigenvalue weighted by Crippen LogP contribution is 2.34. The first-order valence-electron chi connectivity index (χ1n) is 9.41. The molecule has 1 aromatic heterocycles. The first-order valence-corrected chi connectivity index (χ1v) is 10.2. The van der Waals surface area contributed by atoms with Gasteiger partial charge in [0.15, 0.2) is 5.78 Å². The highest BCUT2D eigenvalue weighted by Gasteiger charge is 2.52. The van der Waals surface area contributed by atoms with Crippen molar-refractivity contribution in [3.05, 3.63) is 60.2 Å². The van der Waals surface area contributed by atoms with E-state index >= 15 is 0 Å². The number of piperidine rings is 1. The zero-order valence-electron chi connectivity index (χ0n) is 15.3. The van der Waals surface area contributed by atoms with Crippen LogP contribution < -0.4 is 15.8 Å². The molecule has 0 saturated carbocycles. The van der Waals surface area contributed by atoms with E-state index in [-0.39, 0.29) is 23.7 Å². The molecule has 6 nitrogen and oxygen atoms in total. The van der Waals surface area contributed by atoms with Crippen molar-refractivity contribution in [2.75, 3.05) is 5.01 Å². The molecule has 0 spiro atoms. The molecule has 2 N–H and O–H groups in total. The van der Waals surface area contributed by atoms with Gasteiger partial charge in [-0.15, -0.1) is 0 Å². The van der Waals surface area contributed by atoms with E-state index in [1.165, 1.54) is 16.3 Å². The molecular weight excluding hydrogens is 372 g/mol. The van der Waals surface area contributed by atoms with Gasteiger partial charge < -0.3 is 0 Å². The van der Waals surface area contributed by atoms with E-state index in [2.05, 4.69) is 15.7 Å². The van der Waals surface area contributed by atoms with Crippen molar-refractivity contribution in [3.8, 4) is 0 Å². The summed E-state index contributed by atoms with van der Waals surface area (Å²) in [6.45, 7) is 2.01. The molecule has 0 radical (unpaired) electrons. The summed E-state index contributed by atoms with van der Waals surface area (Å²) >= 11 is 1.44. The van der Waals surface area contributed by atoms with Crippen molar-refractivity contribution in [2.24, 2.45) is 11.8 Å². The van der Waals surface area contributed by atoms with Gasteiger partial charge in [-0.2, -0.15) is 0 Å². The molecule has 0 bridgehead atoms. The van der Waals surface area contributed by atoms with E-state index in [0.717, 1.165) is 15.8 Å². The average Bonchev–Trinajstić information content (AvgIpc) is 3.27. The number of carbonyl (C=O) groups is 2. The number of Topliss-reactive ketones (excluding diaryl/α,β-unsaturated/α-hetero) is 1. The van der Waals surface area contributed by atoms with Crippen LogP contribution in [-0.4, -0.2) is 28.9 Å². The molecule has 5 rings (SSSR count). The lowest BCUT2D eigenvalue weighted by Crippen LogP contribution is -2.59. The standard InChI is InChI=1S/C21H20N4O2S/c1-12-14(11-13-7-3-2-4-8-13)18(26)17-19(22-12)24-25(20(17)27)21-23-15-9-5-6-10-16(15)28-21/h2-10,12,14,17,19,22,24H,11H2,1H3. The number of para-hydroxylation sites is 1. The van der Waals surface area contributed by atoms with E-state index in [1.807, 2.05) is 61.5 Å². The Hall–Kier alpha value is -2.61. The zero-order valence-corrected chi connectivity index (χ0v) is 16.1. The molecule has 2 aromatic carbocycles. The Kier molecular flexibility index (Phi) is 4.23. The van der Waals surface area contributed by atoms with Gasteiger partial charge >= 0.3 is 0 Å². The fraction of sp³-hybridized carbons (Fsp3) is 0.286. The van der Waals surface area contributed by atoms with Crippen molar-refractivity contribution in [3.63, 3.8) is 0 Å². The van der Waals surface area contributed by atoms with Crippen LogP contribution in [0.3, 0.4) is 0 Å². The summed E-state index contributed by atoms with van der Waals surface area (Å²) < 4.78 is 1.01. The molecule has 142 valence electrons. The van der Waals surface area contributed by atoms with Crippen molar-refractivity contribution in [1.82, 2.24) is 15.7 Å². The van der Waals surface area contributed by atoms with Crippen LogP contribution in [-0.2, 0) is 16.0 Å². The Bertz CT molecular complexity index is 1020. The number of nitrogens with zero attached hydrogens (tertiary/aromatic N) is 2. The summed E-state index contributed by atoms with van der Waals surface area (Å²) in [5, 5.41) is 5.44. The Balaban J connectivity index is 1.42.